The van der Waals surface area contributed by atoms with E-state index in [1.165, 1.54) is 26.4 Å². The van der Waals surface area contributed by atoms with Crippen LogP contribution in [0.3, 0.4) is 0 Å². The summed E-state index contributed by atoms with van der Waals surface area (Å²) in [5.74, 6) is 1.15. The Kier molecular flexibility index (Phi) is 5.88. The lowest BCUT2D eigenvalue weighted by Gasteiger charge is -2.24. The molecule has 25 heavy (non-hydrogen) atoms. The minimum Gasteiger partial charge on any atom is -0.476 e. The fourth-order valence-corrected chi connectivity index (χ4v) is 2.60. The van der Waals surface area contributed by atoms with Crippen LogP contribution in [0.15, 0.2) is 24.4 Å². The first-order valence-corrected chi connectivity index (χ1v) is 8.56. The van der Waals surface area contributed by atoms with Crippen molar-refractivity contribution in [1.29, 1.82) is 0 Å². The topological polar surface area (TPSA) is 75.5 Å². The molecule has 0 radical (unpaired) electrons. The van der Waals surface area contributed by atoms with Gasteiger partial charge in [-0.05, 0) is 30.9 Å². The summed E-state index contributed by atoms with van der Waals surface area (Å²) in [6, 6.07) is 5.00. The smallest absolute Gasteiger partial charge is 0.341 e. The van der Waals surface area contributed by atoms with Gasteiger partial charge in [-0.1, -0.05) is 18.0 Å². The van der Waals surface area contributed by atoms with E-state index in [4.69, 9.17) is 25.8 Å². The highest BCUT2D eigenvalue weighted by Crippen LogP contribution is 2.27. The summed E-state index contributed by atoms with van der Waals surface area (Å²) in [5, 5.41) is 4.39. The van der Waals surface area contributed by atoms with Crippen molar-refractivity contribution in [2.45, 2.75) is 19.3 Å². The molecule has 0 aromatic carbocycles. The second kappa shape index (κ2) is 8.31. The molecule has 0 spiro atoms. The molecule has 1 saturated carbocycles. The van der Waals surface area contributed by atoms with E-state index in [1.807, 2.05) is 0 Å². The van der Waals surface area contributed by atoms with E-state index >= 15 is 0 Å². The average molecular weight is 366 g/mol. The minimum absolute atomic E-state index is 0.0624. The Morgan fingerprint density at radius 1 is 1.32 bits per heavy atom. The molecule has 1 aliphatic carbocycles. The number of carbonyl (C=O) groups is 1. The lowest BCUT2D eigenvalue weighted by atomic mass is 9.86. The van der Waals surface area contributed by atoms with Gasteiger partial charge in [-0.25, -0.2) is 14.5 Å². The molecule has 2 aromatic rings. The molecule has 0 bridgehead atoms. The first-order chi connectivity index (χ1) is 12.2. The van der Waals surface area contributed by atoms with Crippen molar-refractivity contribution in [2.24, 2.45) is 5.92 Å². The number of hydrogen-bond donors (Lipinski definition) is 0. The van der Waals surface area contributed by atoms with E-state index in [1.54, 1.807) is 29.1 Å². The number of esters is 1. The van der Waals surface area contributed by atoms with Crippen molar-refractivity contribution >= 4 is 17.6 Å². The molecule has 0 N–H and O–H groups in total. The zero-order valence-corrected chi connectivity index (χ0v) is 14.7. The third-order valence-corrected chi connectivity index (χ3v) is 4.35. The van der Waals surface area contributed by atoms with Crippen LogP contribution in [0.25, 0.3) is 5.82 Å². The number of ether oxygens (including phenoxy) is 3. The van der Waals surface area contributed by atoms with E-state index in [9.17, 15) is 4.79 Å². The SMILES string of the molecule is COCCOC(=O)c1ccc(-n2ccc(OCC3CCC3)n2)nc1Cl. The third-order valence-electron chi connectivity index (χ3n) is 4.07. The Labute approximate surface area is 150 Å². The number of pyridine rings is 1. The summed E-state index contributed by atoms with van der Waals surface area (Å²) < 4.78 is 17.1. The maximum atomic E-state index is 11.9. The molecule has 8 heteroatoms. The lowest BCUT2D eigenvalue weighted by Crippen LogP contribution is -2.19. The maximum absolute atomic E-state index is 11.9. The van der Waals surface area contributed by atoms with E-state index in [2.05, 4.69) is 10.1 Å². The van der Waals surface area contributed by atoms with Crippen LogP contribution < -0.4 is 4.74 Å². The summed E-state index contributed by atoms with van der Waals surface area (Å²) in [7, 11) is 1.53. The van der Waals surface area contributed by atoms with Gasteiger partial charge in [0.05, 0.1) is 18.8 Å². The van der Waals surface area contributed by atoms with E-state index in [0.717, 1.165) is 0 Å². The molecular weight excluding hydrogens is 346 g/mol. The van der Waals surface area contributed by atoms with Crippen molar-refractivity contribution in [1.82, 2.24) is 14.8 Å². The molecular formula is C17H20ClN3O4. The van der Waals surface area contributed by atoms with Crippen LogP contribution in [-0.4, -0.2) is 47.7 Å². The molecule has 0 saturated heterocycles. The van der Waals surface area contributed by atoms with Crippen LogP contribution >= 0.6 is 11.6 Å². The van der Waals surface area contributed by atoms with Gasteiger partial charge in [-0.2, -0.15) is 0 Å². The second-order valence-corrected chi connectivity index (χ2v) is 6.20. The highest BCUT2D eigenvalue weighted by molar-refractivity contribution is 6.32. The predicted octanol–water partition coefficient (Wildman–Crippen LogP) is 2.90. The summed E-state index contributed by atoms with van der Waals surface area (Å²) in [4.78, 5) is 16.1. The highest BCUT2D eigenvalue weighted by atomic mass is 35.5. The first-order valence-electron chi connectivity index (χ1n) is 8.19. The molecule has 0 amide bonds. The molecule has 3 rings (SSSR count). The zero-order chi connectivity index (χ0) is 17.6. The summed E-state index contributed by atoms with van der Waals surface area (Å²) >= 11 is 6.11. The van der Waals surface area contributed by atoms with Gasteiger partial charge in [0.25, 0.3) is 0 Å². The zero-order valence-electron chi connectivity index (χ0n) is 14.0. The van der Waals surface area contributed by atoms with Gasteiger partial charge in [-0.3, -0.25) is 0 Å². The largest absolute Gasteiger partial charge is 0.476 e. The van der Waals surface area contributed by atoms with Crippen LogP contribution in [0.2, 0.25) is 5.15 Å². The number of carbonyl (C=O) groups excluding carboxylic acids is 1. The summed E-state index contributed by atoms with van der Waals surface area (Å²) in [5.41, 5.74) is 0.204. The third kappa shape index (κ3) is 4.49. The van der Waals surface area contributed by atoms with E-state index in [-0.39, 0.29) is 17.3 Å². The van der Waals surface area contributed by atoms with Crippen LogP contribution in [0.4, 0.5) is 0 Å². The quantitative estimate of drug-likeness (QED) is 0.407. The molecule has 0 aliphatic heterocycles. The van der Waals surface area contributed by atoms with Gasteiger partial charge < -0.3 is 14.2 Å². The summed E-state index contributed by atoms with van der Waals surface area (Å²) in [6.45, 7) is 1.18. The predicted molar refractivity (Wildman–Crippen MR) is 91.4 cm³/mol. The standard InChI is InChI=1S/C17H20ClN3O4/c1-23-9-10-24-17(22)13-5-6-14(19-16(13)18)21-8-7-15(20-21)25-11-12-3-2-4-12/h5-8,12H,2-4,9-11H2,1H3. The Balaban J connectivity index is 1.63. The Bertz CT molecular complexity index is 730. The monoisotopic (exact) mass is 365 g/mol. The lowest BCUT2D eigenvalue weighted by molar-refractivity contribution is 0.0388. The Morgan fingerprint density at radius 3 is 2.84 bits per heavy atom. The molecule has 134 valence electrons. The van der Waals surface area contributed by atoms with E-state index < -0.39 is 5.97 Å². The Hall–Kier alpha value is -2.12. The van der Waals surface area contributed by atoms with Gasteiger partial charge in [0, 0.05) is 19.4 Å². The Morgan fingerprint density at radius 2 is 2.16 bits per heavy atom. The van der Waals surface area contributed by atoms with Gasteiger partial charge in [0.1, 0.15) is 11.8 Å². The van der Waals surface area contributed by atoms with E-state index in [0.29, 0.717) is 30.8 Å². The normalized spacial score (nSPS) is 14.2. The first kappa shape index (κ1) is 17.7. The number of methoxy groups -OCH3 is 1. The van der Waals surface area contributed by atoms with Crippen LogP contribution in [0, 0.1) is 5.92 Å². The van der Waals surface area contributed by atoms with Crippen molar-refractivity contribution in [3.05, 3.63) is 35.1 Å². The summed E-state index contributed by atoms with van der Waals surface area (Å²) in [6.07, 6.45) is 5.47. The number of hydrogen-bond acceptors (Lipinski definition) is 6. The molecule has 0 atom stereocenters. The van der Waals surface area contributed by atoms with Gasteiger partial charge in [-0.15, -0.1) is 5.10 Å². The number of nitrogens with zero attached hydrogens (tertiary/aromatic N) is 3. The van der Waals surface area contributed by atoms with Crippen LogP contribution in [-0.2, 0) is 9.47 Å². The average Bonchev–Trinajstić information content (AvgIpc) is 3.02. The highest BCUT2D eigenvalue weighted by Gasteiger charge is 2.19. The molecule has 2 aromatic heterocycles. The fourth-order valence-electron chi connectivity index (χ4n) is 2.37. The number of halogens is 1. The van der Waals surface area contributed by atoms with Gasteiger partial charge in [0.2, 0.25) is 5.88 Å². The number of rotatable bonds is 8. The molecule has 2 heterocycles. The van der Waals surface area contributed by atoms with Gasteiger partial charge in [0.15, 0.2) is 5.82 Å². The fraction of sp³-hybridized carbons (Fsp3) is 0.471. The molecule has 7 nitrogen and oxygen atoms in total. The van der Waals surface area contributed by atoms with Gasteiger partial charge >= 0.3 is 5.97 Å². The molecule has 0 unspecified atom stereocenters. The van der Waals surface area contributed by atoms with Crippen molar-refractivity contribution in [3.63, 3.8) is 0 Å². The van der Waals surface area contributed by atoms with Crippen molar-refractivity contribution in [2.75, 3.05) is 26.9 Å². The van der Waals surface area contributed by atoms with Crippen LogP contribution in [0.5, 0.6) is 5.88 Å². The molecule has 1 aliphatic rings. The van der Waals surface area contributed by atoms with Crippen molar-refractivity contribution in [3.8, 4) is 11.7 Å². The van der Waals surface area contributed by atoms with Crippen LogP contribution in [0.1, 0.15) is 29.6 Å². The van der Waals surface area contributed by atoms with Crippen molar-refractivity contribution < 1.29 is 19.0 Å². The maximum Gasteiger partial charge on any atom is 0.341 e. The number of aromatic nitrogens is 3. The second-order valence-electron chi connectivity index (χ2n) is 5.84. The molecule has 1 fully saturated rings. The minimum atomic E-state index is -0.536.